The summed E-state index contributed by atoms with van der Waals surface area (Å²) in [6.07, 6.45) is -2.61. The zero-order chi connectivity index (χ0) is 10.1. The van der Waals surface area contributed by atoms with E-state index in [1.807, 2.05) is 0 Å². The van der Waals surface area contributed by atoms with Crippen molar-refractivity contribution in [3.8, 4) is 0 Å². The summed E-state index contributed by atoms with van der Waals surface area (Å²) in [5.41, 5.74) is -0.695. The molecule has 76 valence electrons. The van der Waals surface area contributed by atoms with Gasteiger partial charge < -0.3 is 4.90 Å². The summed E-state index contributed by atoms with van der Waals surface area (Å²) in [6.45, 7) is 6.11. The second-order valence-corrected chi connectivity index (χ2v) is 3.61. The van der Waals surface area contributed by atoms with E-state index in [1.165, 1.54) is 4.90 Å². The number of rotatable bonds is 1. The van der Waals surface area contributed by atoms with Crippen LogP contribution >= 0.6 is 0 Å². The Morgan fingerprint density at radius 1 is 1.31 bits per heavy atom. The minimum atomic E-state index is -4.26. The molecule has 0 saturated carbocycles. The fourth-order valence-electron chi connectivity index (χ4n) is 1.46. The lowest BCUT2D eigenvalue weighted by Gasteiger charge is -2.33. The molecule has 1 aliphatic heterocycles. The SMILES string of the molecule is C=C(N1CCC(C)CC1)C(F)(F)F. The van der Waals surface area contributed by atoms with Crippen LogP contribution in [0.2, 0.25) is 0 Å². The van der Waals surface area contributed by atoms with Crippen molar-refractivity contribution in [3.05, 3.63) is 12.3 Å². The molecule has 0 radical (unpaired) electrons. The molecule has 13 heavy (non-hydrogen) atoms. The normalized spacial score (nSPS) is 20.5. The summed E-state index contributed by atoms with van der Waals surface area (Å²) < 4.78 is 36.6. The molecule has 0 aromatic heterocycles. The zero-order valence-electron chi connectivity index (χ0n) is 7.69. The van der Waals surface area contributed by atoms with Crippen LogP contribution in [0.25, 0.3) is 0 Å². The standard InChI is InChI=1S/C9H14F3N/c1-7-3-5-13(6-4-7)8(2)9(10,11)12/h7H,2-6H2,1H3. The first-order valence-corrected chi connectivity index (χ1v) is 4.42. The van der Waals surface area contributed by atoms with E-state index in [0.29, 0.717) is 19.0 Å². The summed E-state index contributed by atoms with van der Waals surface area (Å²) in [6, 6.07) is 0. The van der Waals surface area contributed by atoms with Crippen LogP contribution in [0.15, 0.2) is 12.3 Å². The maximum absolute atomic E-state index is 12.2. The summed E-state index contributed by atoms with van der Waals surface area (Å²) in [7, 11) is 0. The predicted molar refractivity (Wildman–Crippen MR) is 45.2 cm³/mol. The predicted octanol–water partition coefficient (Wildman–Crippen LogP) is 2.79. The molecular formula is C9H14F3N. The van der Waals surface area contributed by atoms with Gasteiger partial charge in [0.25, 0.3) is 0 Å². The van der Waals surface area contributed by atoms with E-state index in [0.717, 1.165) is 12.8 Å². The van der Waals surface area contributed by atoms with Gasteiger partial charge in [0.15, 0.2) is 0 Å². The molecule has 1 fully saturated rings. The highest BCUT2D eigenvalue weighted by molar-refractivity contribution is 5.02. The third kappa shape index (κ3) is 2.64. The smallest absolute Gasteiger partial charge is 0.368 e. The van der Waals surface area contributed by atoms with Gasteiger partial charge in [0.2, 0.25) is 0 Å². The number of hydrogen-bond acceptors (Lipinski definition) is 1. The average Bonchev–Trinajstić information content (AvgIpc) is 2.03. The van der Waals surface area contributed by atoms with Crippen LogP contribution in [-0.4, -0.2) is 24.2 Å². The van der Waals surface area contributed by atoms with Gasteiger partial charge in [0.1, 0.15) is 5.70 Å². The van der Waals surface area contributed by atoms with Crippen LogP contribution in [0.3, 0.4) is 0 Å². The Hall–Kier alpha value is -0.670. The molecule has 1 heterocycles. The largest absolute Gasteiger partial charge is 0.430 e. The molecule has 0 spiro atoms. The Morgan fingerprint density at radius 3 is 2.15 bits per heavy atom. The zero-order valence-corrected chi connectivity index (χ0v) is 7.69. The van der Waals surface area contributed by atoms with E-state index >= 15 is 0 Å². The molecule has 0 aromatic rings. The van der Waals surface area contributed by atoms with Crippen molar-refractivity contribution in [2.24, 2.45) is 5.92 Å². The van der Waals surface area contributed by atoms with Gasteiger partial charge in [0, 0.05) is 13.1 Å². The lowest BCUT2D eigenvalue weighted by atomic mass is 9.99. The molecule has 1 saturated heterocycles. The molecular weight excluding hydrogens is 179 g/mol. The first kappa shape index (κ1) is 10.4. The summed E-state index contributed by atoms with van der Waals surface area (Å²) in [5.74, 6) is 0.539. The Labute approximate surface area is 76.2 Å². The Bertz CT molecular complexity index is 190. The Balaban J connectivity index is 2.50. The van der Waals surface area contributed by atoms with Gasteiger partial charge in [-0.3, -0.25) is 0 Å². The van der Waals surface area contributed by atoms with Crippen molar-refractivity contribution in [3.63, 3.8) is 0 Å². The van der Waals surface area contributed by atoms with Crippen molar-refractivity contribution in [1.82, 2.24) is 4.90 Å². The number of likely N-dealkylation sites (tertiary alicyclic amines) is 1. The molecule has 1 aliphatic rings. The molecule has 1 rings (SSSR count). The first-order chi connectivity index (χ1) is 5.91. The number of hydrogen-bond donors (Lipinski definition) is 0. The van der Waals surface area contributed by atoms with E-state index in [-0.39, 0.29) is 0 Å². The van der Waals surface area contributed by atoms with Gasteiger partial charge in [-0.2, -0.15) is 13.2 Å². The van der Waals surface area contributed by atoms with Gasteiger partial charge in [-0.15, -0.1) is 0 Å². The second kappa shape index (κ2) is 3.60. The number of alkyl halides is 3. The molecule has 0 N–H and O–H groups in total. The van der Waals surface area contributed by atoms with Gasteiger partial charge >= 0.3 is 6.18 Å². The Kier molecular flexibility index (Phi) is 2.88. The molecule has 0 aliphatic carbocycles. The van der Waals surface area contributed by atoms with Crippen molar-refractivity contribution in [2.75, 3.05) is 13.1 Å². The van der Waals surface area contributed by atoms with E-state index in [4.69, 9.17) is 0 Å². The van der Waals surface area contributed by atoms with Gasteiger partial charge in [0.05, 0.1) is 0 Å². The third-order valence-electron chi connectivity index (χ3n) is 2.49. The monoisotopic (exact) mass is 193 g/mol. The fourth-order valence-corrected chi connectivity index (χ4v) is 1.46. The number of piperidine rings is 1. The van der Waals surface area contributed by atoms with Crippen LogP contribution in [0.5, 0.6) is 0 Å². The molecule has 4 heteroatoms. The molecule has 0 amide bonds. The number of allylic oxidation sites excluding steroid dienone is 1. The maximum Gasteiger partial charge on any atom is 0.430 e. The fraction of sp³-hybridized carbons (Fsp3) is 0.778. The van der Waals surface area contributed by atoms with Crippen LogP contribution in [0.1, 0.15) is 19.8 Å². The van der Waals surface area contributed by atoms with E-state index in [1.54, 1.807) is 0 Å². The minimum Gasteiger partial charge on any atom is -0.368 e. The molecule has 0 aromatic carbocycles. The highest BCUT2D eigenvalue weighted by Crippen LogP contribution is 2.30. The van der Waals surface area contributed by atoms with Crippen LogP contribution in [-0.2, 0) is 0 Å². The van der Waals surface area contributed by atoms with E-state index in [2.05, 4.69) is 13.5 Å². The van der Waals surface area contributed by atoms with Crippen LogP contribution in [0.4, 0.5) is 13.2 Å². The first-order valence-electron chi connectivity index (χ1n) is 4.42. The lowest BCUT2D eigenvalue weighted by Crippen LogP contribution is -2.37. The van der Waals surface area contributed by atoms with Gasteiger partial charge in [-0.05, 0) is 18.8 Å². The van der Waals surface area contributed by atoms with Crippen molar-refractivity contribution < 1.29 is 13.2 Å². The third-order valence-corrected chi connectivity index (χ3v) is 2.49. The molecule has 1 nitrogen and oxygen atoms in total. The van der Waals surface area contributed by atoms with Crippen molar-refractivity contribution >= 4 is 0 Å². The molecule has 0 atom stereocenters. The highest BCUT2D eigenvalue weighted by Gasteiger charge is 2.36. The topological polar surface area (TPSA) is 3.24 Å². The second-order valence-electron chi connectivity index (χ2n) is 3.61. The van der Waals surface area contributed by atoms with E-state index in [9.17, 15) is 13.2 Å². The van der Waals surface area contributed by atoms with E-state index < -0.39 is 11.9 Å². The maximum atomic E-state index is 12.2. The van der Waals surface area contributed by atoms with Crippen LogP contribution in [0, 0.1) is 5.92 Å². The Morgan fingerprint density at radius 2 is 1.77 bits per heavy atom. The van der Waals surface area contributed by atoms with Gasteiger partial charge in [-0.25, -0.2) is 0 Å². The average molecular weight is 193 g/mol. The summed E-state index contributed by atoms with van der Waals surface area (Å²) in [5, 5.41) is 0. The quantitative estimate of drug-likeness (QED) is 0.619. The van der Waals surface area contributed by atoms with Gasteiger partial charge in [-0.1, -0.05) is 13.5 Å². The lowest BCUT2D eigenvalue weighted by molar-refractivity contribution is -0.113. The molecule has 0 unspecified atom stereocenters. The van der Waals surface area contributed by atoms with Crippen LogP contribution < -0.4 is 0 Å². The summed E-state index contributed by atoms with van der Waals surface area (Å²) in [4.78, 5) is 1.33. The van der Waals surface area contributed by atoms with Crippen molar-refractivity contribution in [2.45, 2.75) is 25.9 Å². The minimum absolute atomic E-state index is 0.486. The molecule has 0 bridgehead atoms. The number of halogens is 3. The highest BCUT2D eigenvalue weighted by atomic mass is 19.4. The summed E-state index contributed by atoms with van der Waals surface area (Å²) >= 11 is 0. The van der Waals surface area contributed by atoms with Crippen molar-refractivity contribution in [1.29, 1.82) is 0 Å². The number of nitrogens with zero attached hydrogens (tertiary/aromatic N) is 1.